The average Bonchev–Trinajstić information content (AvgIpc) is 2.63. The van der Waals surface area contributed by atoms with Crippen molar-refractivity contribution in [3.8, 4) is 5.75 Å². The van der Waals surface area contributed by atoms with Gasteiger partial charge in [0.05, 0.1) is 0 Å². The van der Waals surface area contributed by atoms with Gasteiger partial charge in [0.1, 0.15) is 22.5 Å². The molecule has 0 aliphatic carbocycles. The maximum Gasteiger partial charge on any atom is 0.347 e. The van der Waals surface area contributed by atoms with Crippen LogP contribution >= 0.6 is 0 Å². The van der Waals surface area contributed by atoms with E-state index in [1.54, 1.807) is 24.4 Å². The standard InChI is InChI=1S/C20H16N2O3/c23-14-7-5-13(6-8-14)9-11-21-19-18-16(10-12-22-19)15-3-1-2-4-17(15)25-20(18)24/h1-8,10,12,23H,9,11H2,(H,21,22). The van der Waals surface area contributed by atoms with Crippen molar-refractivity contribution in [2.75, 3.05) is 11.9 Å². The highest BCUT2D eigenvalue weighted by atomic mass is 16.4. The highest BCUT2D eigenvalue weighted by Crippen LogP contribution is 2.25. The molecule has 0 radical (unpaired) electrons. The molecule has 0 aliphatic rings. The van der Waals surface area contributed by atoms with E-state index in [-0.39, 0.29) is 5.75 Å². The first-order chi connectivity index (χ1) is 12.2. The van der Waals surface area contributed by atoms with Crippen LogP contribution in [0.15, 0.2) is 70.0 Å². The van der Waals surface area contributed by atoms with E-state index in [2.05, 4.69) is 10.3 Å². The number of benzene rings is 2. The Morgan fingerprint density at radius 3 is 2.64 bits per heavy atom. The number of hydrogen-bond acceptors (Lipinski definition) is 5. The predicted octanol–water partition coefficient (Wildman–Crippen LogP) is 3.70. The molecule has 4 aromatic rings. The highest BCUT2D eigenvalue weighted by molar-refractivity contribution is 6.07. The van der Waals surface area contributed by atoms with Crippen LogP contribution in [-0.2, 0) is 6.42 Å². The summed E-state index contributed by atoms with van der Waals surface area (Å²) in [5.41, 5.74) is 1.26. The van der Waals surface area contributed by atoms with E-state index in [4.69, 9.17) is 4.42 Å². The maximum atomic E-state index is 12.4. The molecule has 25 heavy (non-hydrogen) atoms. The Balaban J connectivity index is 1.67. The Kier molecular flexibility index (Phi) is 3.82. The van der Waals surface area contributed by atoms with Crippen molar-refractivity contribution in [3.63, 3.8) is 0 Å². The van der Waals surface area contributed by atoms with Crippen LogP contribution in [0.4, 0.5) is 5.82 Å². The first kappa shape index (κ1) is 15.2. The molecule has 2 aromatic heterocycles. The van der Waals surface area contributed by atoms with Gasteiger partial charge in [-0.25, -0.2) is 9.78 Å². The number of phenols is 1. The second-order valence-electron chi connectivity index (χ2n) is 5.81. The molecule has 0 bridgehead atoms. The summed E-state index contributed by atoms with van der Waals surface area (Å²) in [7, 11) is 0. The van der Waals surface area contributed by atoms with Crippen LogP contribution in [0, 0.1) is 0 Å². The van der Waals surface area contributed by atoms with Crippen LogP contribution in [0.1, 0.15) is 5.56 Å². The Morgan fingerprint density at radius 2 is 1.80 bits per heavy atom. The van der Waals surface area contributed by atoms with E-state index < -0.39 is 5.63 Å². The lowest BCUT2D eigenvalue weighted by molar-refractivity contribution is 0.475. The smallest absolute Gasteiger partial charge is 0.347 e. The van der Waals surface area contributed by atoms with Gasteiger partial charge in [0, 0.05) is 23.5 Å². The third-order valence-electron chi connectivity index (χ3n) is 4.18. The molecule has 0 saturated heterocycles. The minimum Gasteiger partial charge on any atom is -0.508 e. The van der Waals surface area contributed by atoms with Crippen molar-refractivity contribution >= 4 is 27.6 Å². The van der Waals surface area contributed by atoms with Crippen LogP contribution in [0.5, 0.6) is 5.75 Å². The number of fused-ring (bicyclic) bond motifs is 3. The van der Waals surface area contributed by atoms with Gasteiger partial charge in [-0.2, -0.15) is 0 Å². The summed E-state index contributed by atoms with van der Waals surface area (Å²) >= 11 is 0. The Morgan fingerprint density at radius 1 is 1.00 bits per heavy atom. The van der Waals surface area contributed by atoms with Crippen LogP contribution in [0.2, 0.25) is 0 Å². The van der Waals surface area contributed by atoms with Gasteiger partial charge >= 0.3 is 5.63 Å². The van der Waals surface area contributed by atoms with Gasteiger partial charge in [0.2, 0.25) is 0 Å². The number of para-hydroxylation sites is 1. The number of phenolic OH excluding ortho intramolecular Hbond substituents is 1. The summed E-state index contributed by atoms with van der Waals surface area (Å²) in [4.78, 5) is 16.7. The quantitative estimate of drug-likeness (QED) is 0.440. The molecule has 5 nitrogen and oxygen atoms in total. The summed E-state index contributed by atoms with van der Waals surface area (Å²) in [5.74, 6) is 0.771. The predicted molar refractivity (Wildman–Crippen MR) is 98.1 cm³/mol. The zero-order chi connectivity index (χ0) is 17.2. The SMILES string of the molecule is O=c1oc2ccccc2c2ccnc(NCCc3ccc(O)cc3)c12. The van der Waals surface area contributed by atoms with E-state index >= 15 is 0 Å². The van der Waals surface area contributed by atoms with Gasteiger partial charge in [-0.05, 0) is 36.2 Å². The summed E-state index contributed by atoms with van der Waals surface area (Å²) in [6.07, 6.45) is 2.44. The second-order valence-corrected chi connectivity index (χ2v) is 5.81. The lowest BCUT2D eigenvalue weighted by Crippen LogP contribution is -2.10. The van der Waals surface area contributed by atoms with E-state index in [0.717, 1.165) is 22.8 Å². The molecule has 0 spiro atoms. The van der Waals surface area contributed by atoms with Gasteiger partial charge in [-0.1, -0.05) is 30.3 Å². The molecule has 2 N–H and O–H groups in total. The molecule has 2 aromatic carbocycles. The fourth-order valence-corrected chi connectivity index (χ4v) is 2.94. The third-order valence-corrected chi connectivity index (χ3v) is 4.18. The van der Waals surface area contributed by atoms with Crippen molar-refractivity contribution in [3.05, 3.63) is 76.8 Å². The molecule has 0 amide bonds. The van der Waals surface area contributed by atoms with Gasteiger partial charge < -0.3 is 14.8 Å². The Hall–Kier alpha value is -3.34. The maximum absolute atomic E-state index is 12.4. The molecular formula is C20H16N2O3. The summed E-state index contributed by atoms with van der Waals surface area (Å²) in [5, 5.41) is 14.7. The summed E-state index contributed by atoms with van der Waals surface area (Å²) in [6, 6.07) is 16.4. The molecule has 4 rings (SSSR count). The molecule has 0 saturated carbocycles. The molecule has 0 aliphatic heterocycles. The number of nitrogens with one attached hydrogen (secondary N) is 1. The molecule has 124 valence electrons. The number of rotatable bonds is 4. The largest absolute Gasteiger partial charge is 0.508 e. The monoisotopic (exact) mass is 332 g/mol. The number of aromatic hydroxyl groups is 1. The molecular weight excluding hydrogens is 316 g/mol. The number of pyridine rings is 1. The van der Waals surface area contributed by atoms with Crippen molar-refractivity contribution in [2.45, 2.75) is 6.42 Å². The number of nitrogens with zero attached hydrogens (tertiary/aromatic N) is 1. The zero-order valence-electron chi connectivity index (χ0n) is 13.4. The van der Waals surface area contributed by atoms with Crippen molar-refractivity contribution < 1.29 is 9.52 Å². The summed E-state index contributed by atoms with van der Waals surface area (Å²) in [6.45, 7) is 0.614. The van der Waals surface area contributed by atoms with Crippen LogP contribution in [-0.4, -0.2) is 16.6 Å². The van der Waals surface area contributed by atoms with E-state index in [1.807, 2.05) is 36.4 Å². The van der Waals surface area contributed by atoms with Crippen molar-refractivity contribution in [2.24, 2.45) is 0 Å². The molecule has 0 fully saturated rings. The van der Waals surface area contributed by atoms with Crippen molar-refractivity contribution in [1.29, 1.82) is 0 Å². The molecule has 5 heteroatoms. The third kappa shape index (κ3) is 2.92. The normalized spacial score (nSPS) is 11.0. The first-order valence-electron chi connectivity index (χ1n) is 8.05. The fourth-order valence-electron chi connectivity index (χ4n) is 2.94. The van der Waals surface area contributed by atoms with Gasteiger partial charge in [0.25, 0.3) is 0 Å². The van der Waals surface area contributed by atoms with Crippen LogP contribution in [0.25, 0.3) is 21.7 Å². The second kappa shape index (κ2) is 6.28. The first-order valence-corrected chi connectivity index (χ1v) is 8.05. The van der Waals surface area contributed by atoms with Gasteiger partial charge in [-0.15, -0.1) is 0 Å². The van der Waals surface area contributed by atoms with E-state index in [1.165, 1.54) is 0 Å². The molecule has 2 heterocycles. The average molecular weight is 332 g/mol. The fraction of sp³-hybridized carbons (Fsp3) is 0.100. The Labute approximate surface area is 143 Å². The van der Waals surface area contributed by atoms with Gasteiger partial charge in [-0.3, -0.25) is 0 Å². The molecule has 0 unspecified atom stereocenters. The van der Waals surface area contributed by atoms with E-state index in [0.29, 0.717) is 23.3 Å². The number of hydrogen-bond donors (Lipinski definition) is 2. The zero-order valence-corrected chi connectivity index (χ0v) is 13.4. The minimum absolute atomic E-state index is 0.247. The van der Waals surface area contributed by atoms with E-state index in [9.17, 15) is 9.90 Å². The molecule has 0 atom stereocenters. The van der Waals surface area contributed by atoms with Crippen LogP contribution < -0.4 is 10.9 Å². The lowest BCUT2D eigenvalue weighted by Gasteiger charge is -2.09. The lowest BCUT2D eigenvalue weighted by atomic mass is 10.1. The number of anilines is 1. The minimum atomic E-state index is -0.395. The number of aromatic nitrogens is 1. The van der Waals surface area contributed by atoms with Gasteiger partial charge in [0.15, 0.2) is 0 Å². The van der Waals surface area contributed by atoms with Crippen LogP contribution in [0.3, 0.4) is 0 Å². The summed E-state index contributed by atoms with van der Waals surface area (Å²) < 4.78 is 5.43. The highest BCUT2D eigenvalue weighted by Gasteiger charge is 2.11. The Bertz CT molecular complexity index is 1100. The topological polar surface area (TPSA) is 75.4 Å². The van der Waals surface area contributed by atoms with Crippen molar-refractivity contribution in [1.82, 2.24) is 4.98 Å².